The van der Waals surface area contributed by atoms with Crippen molar-refractivity contribution in [2.24, 2.45) is 0 Å². The highest BCUT2D eigenvalue weighted by atomic mass is 16.6. The van der Waals surface area contributed by atoms with Gasteiger partial charge in [-0.05, 0) is 19.4 Å². The maximum absolute atomic E-state index is 12.4. The van der Waals surface area contributed by atoms with Gasteiger partial charge in [0.1, 0.15) is 6.61 Å². The second-order valence-electron chi connectivity index (χ2n) is 5.53. The Morgan fingerprint density at radius 3 is 2.60 bits per heavy atom. The molecule has 0 spiro atoms. The van der Waals surface area contributed by atoms with Crippen LogP contribution in [0.1, 0.15) is 31.7 Å². The fourth-order valence-electron chi connectivity index (χ4n) is 2.70. The molecule has 2 rings (SSSR count). The normalized spacial score (nSPS) is 17.2. The van der Waals surface area contributed by atoms with Gasteiger partial charge in [0.25, 0.3) is 5.69 Å². The van der Waals surface area contributed by atoms with Gasteiger partial charge in [0.05, 0.1) is 17.1 Å². The number of nitro groups is 1. The van der Waals surface area contributed by atoms with Crippen molar-refractivity contribution in [3.8, 4) is 0 Å². The standard InChI is InChI=1S/C17H20N2O6/c1-3-24-8-9-25-17(21)16-11(2)18-15(20)10-14(16)12-4-6-13(7-5-12)19(22)23/h4-7,14H,3,8-10H2,1-2H3,(H,18,20)/t14-/m1/s1. The molecule has 0 unspecified atom stereocenters. The molecule has 8 heteroatoms. The third-order valence-electron chi connectivity index (χ3n) is 3.86. The maximum Gasteiger partial charge on any atom is 0.336 e. The van der Waals surface area contributed by atoms with Crippen LogP contribution in [-0.4, -0.2) is 36.6 Å². The average molecular weight is 348 g/mol. The van der Waals surface area contributed by atoms with E-state index in [-0.39, 0.29) is 24.6 Å². The van der Waals surface area contributed by atoms with Crippen LogP contribution in [0.5, 0.6) is 0 Å². The fraction of sp³-hybridized carbons (Fsp3) is 0.412. The summed E-state index contributed by atoms with van der Waals surface area (Å²) in [7, 11) is 0. The van der Waals surface area contributed by atoms with Crippen LogP contribution in [0, 0.1) is 10.1 Å². The Kier molecular flexibility index (Phi) is 6.24. The van der Waals surface area contributed by atoms with Crippen molar-refractivity contribution in [2.75, 3.05) is 19.8 Å². The van der Waals surface area contributed by atoms with Crippen LogP contribution in [0.2, 0.25) is 0 Å². The van der Waals surface area contributed by atoms with E-state index in [0.717, 1.165) is 0 Å². The van der Waals surface area contributed by atoms with Crippen LogP contribution in [0.3, 0.4) is 0 Å². The molecule has 0 aliphatic carbocycles. The van der Waals surface area contributed by atoms with E-state index in [2.05, 4.69) is 5.32 Å². The Balaban J connectivity index is 2.23. The SMILES string of the molecule is CCOCCOC(=O)C1=C(C)NC(=O)C[C@@H]1c1ccc([N+](=O)[O-])cc1. The molecule has 0 aromatic heterocycles. The summed E-state index contributed by atoms with van der Waals surface area (Å²) in [5.41, 5.74) is 1.38. The zero-order chi connectivity index (χ0) is 18.4. The molecular weight excluding hydrogens is 328 g/mol. The van der Waals surface area contributed by atoms with Gasteiger partial charge in [0, 0.05) is 36.8 Å². The molecule has 0 saturated carbocycles. The molecular formula is C17H20N2O6. The molecule has 134 valence electrons. The van der Waals surface area contributed by atoms with Gasteiger partial charge in [0.15, 0.2) is 0 Å². The fourth-order valence-corrected chi connectivity index (χ4v) is 2.70. The number of carbonyl (C=O) groups excluding carboxylic acids is 2. The molecule has 25 heavy (non-hydrogen) atoms. The number of nitrogens with zero attached hydrogens (tertiary/aromatic N) is 1. The number of ether oxygens (including phenoxy) is 2. The summed E-state index contributed by atoms with van der Waals surface area (Å²) in [5.74, 6) is -1.25. The van der Waals surface area contributed by atoms with Crippen molar-refractivity contribution in [3.63, 3.8) is 0 Å². The van der Waals surface area contributed by atoms with Crippen molar-refractivity contribution >= 4 is 17.6 Å². The third kappa shape index (κ3) is 4.63. The third-order valence-corrected chi connectivity index (χ3v) is 3.86. The molecule has 1 amide bonds. The summed E-state index contributed by atoms with van der Waals surface area (Å²) < 4.78 is 10.4. The molecule has 1 N–H and O–H groups in total. The van der Waals surface area contributed by atoms with E-state index in [9.17, 15) is 19.7 Å². The highest BCUT2D eigenvalue weighted by Gasteiger charge is 2.32. The van der Waals surface area contributed by atoms with Gasteiger partial charge < -0.3 is 14.8 Å². The number of hydrogen-bond donors (Lipinski definition) is 1. The minimum Gasteiger partial charge on any atom is -0.460 e. The van der Waals surface area contributed by atoms with Gasteiger partial charge in [-0.2, -0.15) is 0 Å². The number of carbonyl (C=O) groups is 2. The Labute approximate surface area is 145 Å². The van der Waals surface area contributed by atoms with E-state index in [1.54, 1.807) is 19.1 Å². The van der Waals surface area contributed by atoms with E-state index < -0.39 is 16.8 Å². The molecule has 1 aliphatic heterocycles. The van der Waals surface area contributed by atoms with Gasteiger partial charge in [-0.25, -0.2) is 4.79 Å². The minimum atomic E-state index is -0.527. The maximum atomic E-state index is 12.4. The van der Waals surface area contributed by atoms with E-state index in [1.807, 2.05) is 6.92 Å². The summed E-state index contributed by atoms with van der Waals surface area (Å²) >= 11 is 0. The second-order valence-corrected chi connectivity index (χ2v) is 5.53. The number of rotatable bonds is 7. The van der Waals surface area contributed by atoms with Gasteiger partial charge >= 0.3 is 5.97 Å². The number of esters is 1. The molecule has 8 nitrogen and oxygen atoms in total. The first-order valence-corrected chi connectivity index (χ1v) is 7.93. The molecule has 1 aliphatic rings. The Morgan fingerprint density at radius 1 is 1.32 bits per heavy atom. The molecule has 0 saturated heterocycles. The summed E-state index contributed by atoms with van der Waals surface area (Å²) in [4.78, 5) is 34.6. The summed E-state index contributed by atoms with van der Waals surface area (Å²) in [6, 6.07) is 5.83. The van der Waals surface area contributed by atoms with Crippen LogP contribution in [0.25, 0.3) is 0 Å². The van der Waals surface area contributed by atoms with Crippen molar-refractivity contribution in [1.29, 1.82) is 0 Å². The minimum absolute atomic E-state index is 0.0504. The lowest BCUT2D eigenvalue weighted by Gasteiger charge is -2.26. The van der Waals surface area contributed by atoms with Crippen LogP contribution < -0.4 is 5.32 Å². The van der Waals surface area contributed by atoms with Crippen molar-refractivity contribution in [3.05, 3.63) is 51.2 Å². The second kappa shape index (κ2) is 8.39. The van der Waals surface area contributed by atoms with Crippen LogP contribution >= 0.6 is 0 Å². The summed E-state index contributed by atoms with van der Waals surface area (Å²) in [6.45, 7) is 4.42. The first-order chi connectivity index (χ1) is 11.9. The Hall–Kier alpha value is -2.74. The van der Waals surface area contributed by atoms with Crippen LogP contribution in [0.4, 0.5) is 5.69 Å². The number of hydrogen-bond acceptors (Lipinski definition) is 6. The highest BCUT2D eigenvalue weighted by molar-refractivity contribution is 5.95. The van der Waals surface area contributed by atoms with Gasteiger partial charge in [-0.3, -0.25) is 14.9 Å². The largest absolute Gasteiger partial charge is 0.460 e. The Morgan fingerprint density at radius 2 is 2.00 bits per heavy atom. The molecule has 1 atom stereocenters. The Bertz CT molecular complexity index is 696. The first kappa shape index (κ1) is 18.6. The van der Waals surface area contributed by atoms with Gasteiger partial charge in [-0.1, -0.05) is 12.1 Å². The lowest BCUT2D eigenvalue weighted by Crippen LogP contribution is -2.34. The van der Waals surface area contributed by atoms with E-state index in [1.165, 1.54) is 12.1 Å². The zero-order valence-corrected chi connectivity index (χ0v) is 14.1. The predicted molar refractivity (Wildman–Crippen MR) is 88.7 cm³/mol. The van der Waals surface area contributed by atoms with Crippen LogP contribution in [-0.2, 0) is 19.1 Å². The van der Waals surface area contributed by atoms with Crippen molar-refractivity contribution in [2.45, 2.75) is 26.2 Å². The van der Waals surface area contributed by atoms with Crippen molar-refractivity contribution < 1.29 is 24.0 Å². The highest BCUT2D eigenvalue weighted by Crippen LogP contribution is 2.34. The number of amides is 1. The van der Waals surface area contributed by atoms with Crippen molar-refractivity contribution in [1.82, 2.24) is 5.32 Å². The molecule has 1 aromatic rings. The molecule has 1 heterocycles. The number of non-ortho nitro benzene ring substituents is 1. The summed E-state index contributed by atoms with van der Waals surface area (Å²) in [5, 5.41) is 13.4. The van der Waals surface area contributed by atoms with Gasteiger partial charge in [0.2, 0.25) is 5.91 Å². The lowest BCUT2D eigenvalue weighted by atomic mass is 9.84. The predicted octanol–water partition coefficient (Wildman–Crippen LogP) is 2.05. The summed E-state index contributed by atoms with van der Waals surface area (Å²) in [6.07, 6.45) is 0.0744. The van der Waals surface area contributed by atoms with E-state index in [4.69, 9.17) is 9.47 Å². The van der Waals surface area contributed by atoms with E-state index >= 15 is 0 Å². The van der Waals surface area contributed by atoms with Gasteiger partial charge in [-0.15, -0.1) is 0 Å². The lowest BCUT2D eigenvalue weighted by molar-refractivity contribution is -0.384. The molecule has 0 radical (unpaired) electrons. The average Bonchev–Trinajstić information content (AvgIpc) is 2.58. The quantitative estimate of drug-likeness (QED) is 0.350. The smallest absolute Gasteiger partial charge is 0.336 e. The number of nitro benzene ring substituents is 1. The van der Waals surface area contributed by atoms with E-state index in [0.29, 0.717) is 30.0 Å². The monoisotopic (exact) mass is 348 g/mol. The number of allylic oxidation sites excluding steroid dienone is 1. The topological polar surface area (TPSA) is 108 Å². The first-order valence-electron chi connectivity index (χ1n) is 7.93. The number of nitrogens with one attached hydrogen (secondary N) is 1. The molecule has 0 fully saturated rings. The zero-order valence-electron chi connectivity index (χ0n) is 14.1. The molecule has 1 aromatic carbocycles. The molecule has 0 bridgehead atoms. The number of benzene rings is 1. The van der Waals surface area contributed by atoms with Crippen LogP contribution in [0.15, 0.2) is 35.5 Å².